The van der Waals surface area contributed by atoms with Gasteiger partial charge in [-0.25, -0.2) is 9.97 Å². The van der Waals surface area contributed by atoms with Crippen LogP contribution < -0.4 is 5.32 Å². The monoisotopic (exact) mass is 219 g/mol. The van der Waals surface area contributed by atoms with Crippen LogP contribution in [0, 0.1) is 12.8 Å². The van der Waals surface area contributed by atoms with E-state index in [0.29, 0.717) is 6.04 Å². The first-order chi connectivity index (χ1) is 7.69. The molecule has 1 aromatic rings. The average Bonchev–Trinajstić information content (AvgIpc) is 2.63. The fraction of sp³-hybridized carbons (Fsp3) is 0.692. The van der Waals surface area contributed by atoms with Crippen molar-refractivity contribution in [3.05, 3.63) is 17.6 Å². The van der Waals surface area contributed by atoms with Crippen LogP contribution in [0.25, 0.3) is 0 Å². The highest BCUT2D eigenvalue weighted by Crippen LogP contribution is 2.27. The van der Waals surface area contributed by atoms with E-state index in [9.17, 15) is 0 Å². The maximum absolute atomic E-state index is 4.46. The van der Waals surface area contributed by atoms with E-state index >= 15 is 0 Å². The van der Waals surface area contributed by atoms with Gasteiger partial charge >= 0.3 is 0 Å². The predicted octanol–water partition coefficient (Wildman–Crippen LogP) is 2.95. The lowest BCUT2D eigenvalue weighted by Crippen LogP contribution is -2.22. The minimum atomic E-state index is 0.596. The maximum Gasteiger partial charge on any atom is 0.130 e. The topological polar surface area (TPSA) is 37.8 Å². The van der Waals surface area contributed by atoms with E-state index in [1.165, 1.54) is 19.3 Å². The number of rotatable bonds is 3. The fourth-order valence-electron chi connectivity index (χ4n) is 2.43. The fourth-order valence-corrected chi connectivity index (χ4v) is 2.43. The second-order valence-electron chi connectivity index (χ2n) is 4.80. The van der Waals surface area contributed by atoms with Crippen molar-refractivity contribution in [1.82, 2.24) is 9.97 Å². The largest absolute Gasteiger partial charge is 0.367 e. The highest BCUT2D eigenvalue weighted by atomic mass is 15.1. The van der Waals surface area contributed by atoms with Gasteiger partial charge in [-0.2, -0.15) is 0 Å². The van der Waals surface area contributed by atoms with Crippen LogP contribution in [0.3, 0.4) is 0 Å². The van der Waals surface area contributed by atoms with Crippen LogP contribution in [-0.2, 0) is 6.42 Å². The molecule has 3 nitrogen and oxygen atoms in total. The molecule has 2 atom stereocenters. The summed E-state index contributed by atoms with van der Waals surface area (Å²) in [6, 6.07) is 2.68. The molecule has 3 heteroatoms. The molecular weight excluding hydrogens is 198 g/mol. The molecule has 0 aliphatic heterocycles. The quantitative estimate of drug-likeness (QED) is 0.849. The Bertz CT molecular complexity index is 362. The smallest absolute Gasteiger partial charge is 0.130 e. The molecule has 0 saturated heterocycles. The SMILES string of the molecule is CCc1cc(NC2CCCC2C)nc(C)n1. The molecule has 0 radical (unpaired) electrons. The third-order valence-corrected chi connectivity index (χ3v) is 3.45. The van der Waals surface area contributed by atoms with Gasteiger partial charge in [-0.1, -0.05) is 20.3 Å². The molecule has 1 aliphatic carbocycles. The first kappa shape index (κ1) is 11.4. The molecular formula is C13H21N3. The average molecular weight is 219 g/mol. The third kappa shape index (κ3) is 2.52. The Hall–Kier alpha value is -1.12. The lowest BCUT2D eigenvalue weighted by molar-refractivity contribution is 0.554. The van der Waals surface area contributed by atoms with E-state index in [4.69, 9.17) is 0 Å². The van der Waals surface area contributed by atoms with Gasteiger partial charge in [-0.3, -0.25) is 0 Å². The highest BCUT2D eigenvalue weighted by Gasteiger charge is 2.23. The summed E-state index contributed by atoms with van der Waals surface area (Å²) in [5.41, 5.74) is 1.13. The molecule has 0 amide bonds. The van der Waals surface area contributed by atoms with Crippen LogP contribution in [0.4, 0.5) is 5.82 Å². The zero-order chi connectivity index (χ0) is 11.5. The number of nitrogens with one attached hydrogen (secondary N) is 1. The number of hydrogen-bond donors (Lipinski definition) is 1. The Labute approximate surface area is 97.7 Å². The van der Waals surface area contributed by atoms with Crippen LogP contribution in [0.1, 0.15) is 44.6 Å². The van der Waals surface area contributed by atoms with Crippen molar-refractivity contribution in [3.8, 4) is 0 Å². The number of hydrogen-bond acceptors (Lipinski definition) is 3. The molecule has 1 fully saturated rings. The summed E-state index contributed by atoms with van der Waals surface area (Å²) in [5.74, 6) is 2.64. The highest BCUT2D eigenvalue weighted by molar-refractivity contribution is 5.37. The van der Waals surface area contributed by atoms with Crippen molar-refractivity contribution in [2.24, 2.45) is 5.92 Å². The normalized spacial score (nSPS) is 24.7. The van der Waals surface area contributed by atoms with E-state index in [2.05, 4.69) is 35.2 Å². The second-order valence-corrected chi connectivity index (χ2v) is 4.80. The predicted molar refractivity (Wildman–Crippen MR) is 66.6 cm³/mol. The van der Waals surface area contributed by atoms with Crippen molar-refractivity contribution in [1.29, 1.82) is 0 Å². The minimum Gasteiger partial charge on any atom is -0.367 e. The molecule has 0 spiro atoms. The molecule has 1 saturated carbocycles. The van der Waals surface area contributed by atoms with Crippen LogP contribution >= 0.6 is 0 Å². The number of aryl methyl sites for hydroxylation is 2. The number of aromatic nitrogens is 2. The van der Waals surface area contributed by atoms with Crippen molar-refractivity contribution in [2.75, 3.05) is 5.32 Å². The van der Waals surface area contributed by atoms with Gasteiger partial charge in [0.15, 0.2) is 0 Å². The second kappa shape index (κ2) is 4.81. The zero-order valence-corrected chi connectivity index (χ0v) is 10.5. The molecule has 1 aliphatic rings. The Balaban J connectivity index is 2.11. The molecule has 2 rings (SSSR count). The molecule has 0 bridgehead atoms. The van der Waals surface area contributed by atoms with Crippen molar-refractivity contribution in [2.45, 2.75) is 52.5 Å². The summed E-state index contributed by atoms with van der Waals surface area (Å²) >= 11 is 0. The van der Waals surface area contributed by atoms with Crippen molar-refractivity contribution >= 4 is 5.82 Å². The molecule has 88 valence electrons. The summed E-state index contributed by atoms with van der Waals surface area (Å²) < 4.78 is 0. The van der Waals surface area contributed by atoms with Gasteiger partial charge in [-0.15, -0.1) is 0 Å². The van der Waals surface area contributed by atoms with Crippen molar-refractivity contribution in [3.63, 3.8) is 0 Å². The van der Waals surface area contributed by atoms with Gasteiger partial charge in [0, 0.05) is 17.8 Å². The number of nitrogens with zero attached hydrogens (tertiary/aromatic N) is 2. The van der Waals surface area contributed by atoms with Crippen LogP contribution in [0.2, 0.25) is 0 Å². The van der Waals surface area contributed by atoms with Gasteiger partial charge in [0.05, 0.1) is 0 Å². The minimum absolute atomic E-state index is 0.596. The van der Waals surface area contributed by atoms with Gasteiger partial charge in [0.1, 0.15) is 11.6 Å². The number of anilines is 1. The summed E-state index contributed by atoms with van der Waals surface area (Å²) in [7, 11) is 0. The molecule has 2 unspecified atom stereocenters. The molecule has 16 heavy (non-hydrogen) atoms. The molecule has 1 heterocycles. The van der Waals surface area contributed by atoms with E-state index in [1.54, 1.807) is 0 Å². The van der Waals surface area contributed by atoms with Crippen LogP contribution in [-0.4, -0.2) is 16.0 Å². The Morgan fingerprint density at radius 3 is 2.81 bits per heavy atom. The van der Waals surface area contributed by atoms with E-state index < -0.39 is 0 Å². The first-order valence-electron chi connectivity index (χ1n) is 6.30. The summed E-state index contributed by atoms with van der Waals surface area (Å²) in [6.07, 6.45) is 4.91. The van der Waals surface area contributed by atoms with Gasteiger partial charge < -0.3 is 5.32 Å². The Morgan fingerprint density at radius 2 is 2.19 bits per heavy atom. The van der Waals surface area contributed by atoms with E-state index in [0.717, 1.165) is 29.7 Å². The third-order valence-electron chi connectivity index (χ3n) is 3.45. The van der Waals surface area contributed by atoms with Gasteiger partial charge in [-0.05, 0) is 32.1 Å². The van der Waals surface area contributed by atoms with E-state index in [1.807, 2.05) is 6.92 Å². The van der Waals surface area contributed by atoms with Gasteiger partial charge in [0.25, 0.3) is 0 Å². The summed E-state index contributed by atoms with van der Waals surface area (Å²) in [6.45, 7) is 6.41. The molecule has 1 N–H and O–H groups in total. The zero-order valence-electron chi connectivity index (χ0n) is 10.5. The first-order valence-corrected chi connectivity index (χ1v) is 6.30. The lowest BCUT2D eigenvalue weighted by atomic mass is 10.1. The molecule has 0 aromatic carbocycles. The van der Waals surface area contributed by atoms with Crippen molar-refractivity contribution < 1.29 is 0 Å². The lowest BCUT2D eigenvalue weighted by Gasteiger charge is -2.18. The van der Waals surface area contributed by atoms with E-state index in [-0.39, 0.29) is 0 Å². The Morgan fingerprint density at radius 1 is 1.38 bits per heavy atom. The Kier molecular flexibility index (Phi) is 3.42. The van der Waals surface area contributed by atoms with Crippen LogP contribution in [0.15, 0.2) is 6.07 Å². The molecule has 1 aromatic heterocycles. The summed E-state index contributed by atoms with van der Waals surface area (Å²) in [5, 5.41) is 3.56. The van der Waals surface area contributed by atoms with Gasteiger partial charge in [0.2, 0.25) is 0 Å². The van der Waals surface area contributed by atoms with Crippen LogP contribution in [0.5, 0.6) is 0 Å². The summed E-state index contributed by atoms with van der Waals surface area (Å²) in [4.78, 5) is 8.85. The maximum atomic E-state index is 4.46. The standard InChI is InChI=1S/C13H21N3/c1-4-11-8-13(15-10(3)14-11)16-12-7-5-6-9(12)2/h8-9,12H,4-7H2,1-3H3,(H,14,15,16).